The second kappa shape index (κ2) is 5.19. The number of hydrogen-bond acceptors (Lipinski definition) is 1. The molecule has 0 aliphatic rings. The fourth-order valence-corrected chi connectivity index (χ4v) is 3.56. The Hall–Kier alpha value is -2.25. The van der Waals surface area contributed by atoms with Gasteiger partial charge in [-0.2, -0.15) is 0 Å². The zero-order valence-electron chi connectivity index (χ0n) is 12.5. The first-order chi connectivity index (χ1) is 10.8. The summed E-state index contributed by atoms with van der Waals surface area (Å²) in [7, 11) is 0. The van der Waals surface area contributed by atoms with E-state index in [-0.39, 0.29) is 0 Å². The van der Waals surface area contributed by atoms with Gasteiger partial charge in [0.2, 0.25) is 0 Å². The maximum absolute atomic E-state index is 4.16. The second-order valence-corrected chi connectivity index (χ2v) is 6.38. The molecule has 0 radical (unpaired) electrons. The highest BCUT2D eigenvalue weighted by Crippen LogP contribution is 2.36. The lowest BCUT2D eigenvalue weighted by molar-refractivity contribution is 1.73. The van der Waals surface area contributed by atoms with E-state index in [2.05, 4.69) is 79.6 Å². The minimum atomic E-state index is 1.11. The zero-order valence-corrected chi connectivity index (χ0v) is 13.3. The molecule has 22 heavy (non-hydrogen) atoms. The van der Waals surface area contributed by atoms with Gasteiger partial charge in [-0.05, 0) is 50.2 Å². The second-order valence-electron chi connectivity index (χ2n) is 5.48. The molecular formula is C21H16S. The van der Waals surface area contributed by atoms with Crippen LogP contribution in [0.4, 0.5) is 0 Å². The lowest BCUT2D eigenvalue weighted by Gasteiger charge is -2.12. The van der Waals surface area contributed by atoms with E-state index in [4.69, 9.17) is 0 Å². The van der Waals surface area contributed by atoms with E-state index in [0.29, 0.717) is 0 Å². The molecule has 0 aromatic heterocycles. The molecule has 4 aromatic rings. The fraction of sp³-hybridized carbons (Fsp3) is 0.0476. The summed E-state index contributed by atoms with van der Waals surface area (Å²) in [6, 6.07) is 24.0. The Kier molecular flexibility index (Phi) is 3.16. The highest BCUT2D eigenvalue weighted by molar-refractivity contribution is 8.07. The molecule has 106 valence electrons. The van der Waals surface area contributed by atoms with Crippen molar-refractivity contribution in [2.24, 2.45) is 0 Å². The van der Waals surface area contributed by atoms with Crippen molar-refractivity contribution in [1.29, 1.82) is 0 Å². The highest BCUT2D eigenvalue weighted by Gasteiger charge is 2.09. The van der Waals surface area contributed by atoms with Crippen LogP contribution < -0.4 is 0 Å². The van der Waals surface area contributed by atoms with Crippen molar-refractivity contribution in [2.75, 3.05) is 6.26 Å². The molecule has 4 aromatic carbocycles. The van der Waals surface area contributed by atoms with Crippen LogP contribution in [0.5, 0.6) is 0 Å². The Balaban J connectivity index is 2.24. The van der Waals surface area contributed by atoms with Crippen molar-refractivity contribution in [3.63, 3.8) is 0 Å². The monoisotopic (exact) mass is 300 g/mol. The van der Waals surface area contributed by atoms with Crippen molar-refractivity contribution in [1.82, 2.24) is 0 Å². The smallest absolute Gasteiger partial charge is 0.00699 e. The number of hydrogen-bond donors (Lipinski definition) is 0. The van der Waals surface area contributed by atoms with Gasteiger partial charge in [-0.1, -0.05) is 67.2 Å². The average molecular weight is 300 g/mol. The Labute approximate surface area is 134 Å². The molecule has 0 saturated heterocycles. The first-order valence-electron chi connectivity index (χ1n) is 7.36. The van der Waals surface area contributed by atoms with E-state index < -0.39 is 0 Å². The summed E-state index contributed by atoms with van der Waals surface area (Å²) in [5, 5.41) is 7.89. The van der Waals surface area contributed by atoms with Gasteiger partial charge in [-0.15, -0.1) is 11.8 Å². The lowest BCUT2D eigenvalue weighted by Crippen LogP contribution is -1.85. The van der Waals surface area contributed by atoms with E-state index in [9.17, 15) is 0 Å². The number of fused-ring (bicyclic) bond motifs is 6. The third kappa shape index (κ3) is 1.93. The topological polar surface area (TPSA) is 0 Å². The largest absolute Gasteiger partial charge is 0.130 e. The number of rotatable bonds is 2. The molecule has 4 rings (SSSR count). The third-order valence-corrected chi connectivity index (χ3v) is 5.04. The Morgan fingerprint density at radius 2 is 1.14 bits per heavy atom. The highest BCUT2D eigenvalue weighted by atomic mass is 32.2. The predicted octanol–water partition coefficient (Wildman–Crippen LogP) is 6.48. The van der Waals surface area contributed by atoms with E-state index in [1.807, 2.05) is 0 Å². The van der Waals surface area contributed by atoms with Crippen LogP contribution in [0.2, 0.25) is 0 Å². The Bertz CT molecular complexity index is 993. The van der Waals surface area contributed by atoms with Gasteiger partial charge in [0.1, 0.15) is 0 Å². The van der Waals surface area contributed by atoms with Gasteiger partial charge < -0.3 is 0 Å². The molecular weight excluding hydrogens is 284 g/mol. The molecule has 0 heterocycles. The third-order valence-electron chi connectivity index (χ3n) is 4.31. The van der Waals surface area contributed by atoms with Gasteiger partial charge in [-0.3, -0.25) is 0 Å². The van der Waals surface area contributed by atoms with Crippen molar-refractivity contribution in [2.45, 2.75) is 0 Å². The first kappa shape index (κ1) is 13.4. The Morgan fingerprint density at radius 1 is 0.682 bits per heavy atom. The number of benzene rings is 4. The Morgan fingerprint density at radius 3 is 1.64 bits per heavy atom. The van der Waals surface area contributed by atoms with Crippen LogP contribution in [-0.2, 0) is 0 Å². The van der Waals surface area contributed by atoms with Crippen LogP contribution in [0.15, 0.2) is 73.3 Å². The lowest BCUT2D eigenvalue weighted by atomic mass is 9.93. The van der Waals surface area contributed by atoms with Crippen LogP contribution in [0.3, 0.4) is 0 Å². The standard InChI is InChI=1S/C21H16S/c1-14(22-2)15-11-12-20-18-9-4-3-7-16(18)17-8-5-6-10-19(17)21(20)13-15/h3-13H,1H2,2H3. The van der Waals surface area contributed by atoms with Crippen LogP contribution in [-0.4, -0.2) is 6.26 Å². The molecule has 0 bridgehead atoms. The minimum Gasteiger partial charge on any atom is -0.130 e. The summed E-state index contributed by atoms with van der Waals surface area (Å²) >= 11 is 1.70. The maximum Gasteiger partial charge on any atom is 0.00699 e. The summed E-state index contributed by atoms with van der Waals surface area (Å²) in [5.74, 6) is 0. The van der Waals surface area contributed by atoms with Crippen LogP contribution in [0.25, 0.3) is 37.2 Å². The molecule has 0 fully saturated rings. The summed E-state index contributed by atoms with van der Waals surface area (Å²) in [6.07, 6.45) is 2.07. The average Bonchev–Trinajstić information content (AvgIpc) is 2.61. The van der Waals surface area contributed by atoms with Gasteiger partial charge in [0.25, 0.3) is 0 Å². The zero-order chi connectivity index (χ0) is 15.1. The molecule has 0 spiro atoms. The van der Waals surface area contributed by atoms with Crippen LogP contribution >= 0.6 is 11.8 Å². The van der Waals surface area contributed by atoms with Crippen LogP contribution in [0, 0.1) is 0 Å². The molecule has 0 aliphatic carbocycles. The van der Waals surface area contributed by atoms with E-state index in [0.717, 1.165) is 4.91 Å². The fourth-order valence-electron chi connectivity index (χ4n) is 3.20. The van der Waals surface area contributed by atoms with Crippen LogP contribution in [0.1, 0.15) is 5.56 Å². The van der Waals surface area contributed by atoms with E-state index in [1.54, 1.807) is 11.8 Å². The van der Waals surface area contributed by atoms with Gasteiger partial charge in [0.05, 0.1) is 0 Å². The van der Waals surface area contributed by atoms with Crippen molar-refractivity contribution in [3.8, 4) is 0 Å². The molecule has 0 unspecified atom stereocenters. The van der Waals surface area contributed by atoms with Gasteiger partial charge in [0.15, 0.2) is 0 Å². The van der Waals surface area contributed by atoms with Gasteiger partial charge in [-0.25, -0.2) is 0 Å². The van der Waals surface area contributed by atoms with E-state index >= 15 is 0 Å². The summed E-state index contributed by atoms with van der Waals surface area (Å²) in [6.45, 7) is 4.16. The first-order valence-corrected chi connectivity index (χ1v) is 8.58. The van der Waals surface area contributed by atoms with Gasteiger partial charge >= 0.3 is 0 Å². The molecule has 0 nitrogen and oxygen atoms in total. The molecule has 0 N–H and O–H groups in total. The SMILES string of the molecule is C=C(SC)c1ccc2c3ccccc3c3ccccc3c2c1. The molecule has 0 aliphatic heterocycles. The number of thioether (sulfide) groups is 1. The van der Waals surface area contributed by atoms with E-state index in [1.165, 1.54) is 37.9 Å². The van der Waals surface area contributed by atoms with Crippen molar-refractivity contribution in [3.05, 3.63) is 78.9 Å². The molecule has 1 heteroatoms. The molecule has 0 saturated carbocycles. The normalized spacial score (nSPS) is 11.3. The molecule has 0 atom stereocenters. The maximum atomic E-state index is 4.16. The molecule has 0 amide bonds. The summed E-state index contributed by atoms with van der Waals surface area (Å²) < 4.78 is 0. The van der Waals surface area contributed by atoms with Crippen molar-refractivity contribution >= 4 is 49.0 Å². The predicted molar refractivity (Wildman–Crippen MR) is 102 cm³/mol. The van der Waals surface area contributed by atoms with Gasteiger partial charge in [0, 0.05) is 4.91 Å². The summed E-state index contributed by atoms with van der Waals surface area (Å²) in [4.78, 5) is 1.11. The summed E-state index contributed by atoms with van der Waals surface area (Å²) in [5.41, 5.74) is 1.21. The minimum absolute atomic E-state index is 1.11. The quantitative estimate of drug-likeness (QED) is 0.382. The van der Waals surface area contributed by atoms with Crippen molar-refractivity contribution < 1.29 is 0 Å².